The summed E-state index contributed by atoms with van der Waals surface area (Å²) in [4.78, 5) is 15.9. The van der Waals surface area contributed by atoms with Gasteiger partial charge in [0.15, 0.2) is 5.11 Å². The number of benzene rings is 1. The van der Waals surface area contributed by atoms with Crippen LogP contribution in [0.4, 0.5) is 5.69 Å². The molecule has 0 unspecified atom stereocenters. The van der Waals surface area contributed by atoms with Crippen LogP contribution in [0.1, 0.15) is 10.4 Å². The molecule has 0 aliphatic heterocycles. The molecule has 0 radical (unpaired) electrons. The number of hydrogen-bond acceptors (Lipinski definition) is 4. The third kappa shape index (κ3) is 4.40. The molecule has 7 heteroatoms. The molecule has 1 amide bonds. The Kier molecular flexibility index (Phi) is 5.08. The first kappa shape index (κ1) is 15.2. The standard InChI is InChI=1S/C14H12ClN3O2S/c1-20-11-5-2-9(3-6-11)13(19)18-14(21)17-10-4-7-12(15)16-8-10/h2-8H,1H3,(H2,17,18,19,21). The number of ether oxygens (including phenoxy) is 1. The number of pyridine rings is 1. The first-order chi connectivity index (χ1) is 10.1. The van der Waals surface area contributed by atoms with Gasteiger partial charge in [-0.2, -0.15) is 0 Å². The predicted molar refractivity (Wildman–Crippen MR) is 85.9 cm³/mol. The van der Waals surface area contributed by atoms with Crippen molar-refractivity contribution < 1.29 is 9.53 Å². The maximum absolute atomic E-state index is 12.0. The maximum Gasteiger partial charge on any atom is 0.257 e. The summed E-state index contributed by atoms with van der Waals surface area (Å²) in [7, 11) is 1.56. The van der Waals surface area contributed by atoms with Crippen LogP contribution in [0, 0.1) is 0 Å². The van der Waals surface area contributed by atoms with Gasteiger partial charge in [0.05, 0.1) is 19.0 Å². The molecule has 0 atom stereocenters. The Hall–Kier alpha value is -2.18. The summed E-state index contributed by atoms with van der Waals surface area (Å²) in [5.41, 5.74) is 1.12. The number of aromatic nitrogens is 1. The molecule has 5 nitrogen and oxygen atoms in total. The number of rotatable bonds is 3. The molecule has 21 heavy (non-hydrogen) atoms. The lowest BCUT2D eigenvalue weighted by molar-refractivity contribution is 0.0977. The summed E-state index contributed by atoms with van der Waals surface area (Å²) < 4.78 is 5.03. The van der Waals surface area contributed by atoms with Crippen LogP contribution in [-0.4, -0.2) is 23.1 Å². The fraction of sp³-hybridized carbons (Fsp3) is 0.0714. The van der Waals surface area contributed by atoms with Gasteiger partial charge in [-0.15, -0.1) is 0 Å². The number of carbonyl (C=O) groups is 1. The molecule has 2 N–H and O–H groups in total. The average molecular weight is 322 g/mol. The minimum absolute atomic E-state index is 0.181. The SMILES string of the molecule is COc1ccc(C(=O)NC(=S)Nc2ccc(Cl)nc2)cc1. The lowest BCUT2D eigenvalue weighted by Crippen LogP contribution is -2.34. The lowest BCUT2D eigenvalue weighted by Gasteiger charge is -2.09. The van der Waals surface area contributed by atoms with Crippen molar-refractivity contribution in [1.29, 1.82) is 0 Å². The molecule has 2 rings (SSSR count). The maximum atomic E-state index is 12.0. The van der Waals surface area contributed by atoms with Gasteiger partial charge in [-0.1, -0.05) is 11.6 Å². The van der Waals surface area contributed by atoms with Crippen molar-refractivity contribution in [1.82, 2.24) is 10.3 Å². The van der Waals surface area contributed by atoms with E-state index in [0.29, 0.717) is 22.2 Å². The molecular weight excluding hydrogens is 310 g/mol. The molecule has 1 aromatic carbocycles. The second kappa shape index (κ2) is 7.01. The molecule has 0 spiro atoms. The fourth-order valence-electron chi connectivity index (χ4n) is 1.53. The van der Waals surface area contributed by atoms with Gasteiger partial charge in [-0.3, -0.25) is 10.1 Å². The smallest absolute Gasteiger partial charge is 0.257 e. The zero-order chi connectivity index (χ0) is 15.2. The van der Waals surface area contributed by atoms with Crippen molar-refractivity contribution in [2.75, 3.05) is 12.4 Å². The van der Waals surface area contributed by atoms with Gasteiger partial charge in [-0.05, 0) is 48.6 Å². The van der Waals surface area contributed by atoms with Crippen LogP contribution in [0.2, 0.25) is 5.15 Å². The normalized spacial score (nSPS) is 9.81. The van der Waals surface area contributed by atoms with Crippen LogP contribution in [0.3, 0.4) is 0 Å². The van der Waals surface area contributed by atoms with Crippen LogP contribution in [0.25, 0.3) is 0 Å². The molecular formula is C14H12ClN3O2S. The van der Waals surface area contributed by atoms with E-state index >= 15 is 0 Å². The van der Waals surface area contributed by atoms with Crippen LogP contribution in [0.15, 0.2) is 42.6 Å². The van der Waals surface area contributed by atoms with Crippen LogP contribution >= 0.6 is 23.8 Å². The van der Waals surface area contributed by atoms with E-state index in [1.807, 2.05) is 0 Å². The highest BCUT2D eigenvalue weighted by atomic mass is 35.5. The van der Waals surface area contributed by atoms with Crippen molar-refractivity contribution in [2.45, 2.75) is 0 Å². The fourth-order valence-corrected chi connectivity index (χ4v) is 1.85. The number of nitrogens with one attached hydrogen (secondary N) is 2. The van der Waals surface area contributed by atoms with E-state index in [0.717, 1.165) is 0 Å². The average Bonchev–Trinajstić information content (AvgIpc) is 2.49. The molecule has 0 bridgehead atoms. The Morgan fingerprint density at radius 1 is 1.24 bits per heavy atom. The van der Waals surface area contributed by atoms with E-state index in [2.05, 4.69) is 15.6 Å². The van der Waals surface area contributed by atoms with E-state index in [-0.39, 0.29) is 11.0 Å². The number of amides is 1. The van der Waals surface area contributed by atoms with Crippen molar-refractivity contribution in [3.05, 3.63) is 53.3 Å². The lowest BCUT2D eigenvalue weighted by atomic mass is 10.2. The summed E-state index contributed by atoms with van der Waals surface area (Å²) in [5.74, 6) is 0.372. The third-order valence-corrected chi connectivity index (χ3v) is 2.99. The topological polar surface area (TPSA) is 63.2 Å². The van der Waals surface area contributed by atoms with Crippen LogP contribution in [-0.2, 0) is 0 Å². The summed E-state index contributed by atoms with van der Waals surface area (Å²) in [6.45, 7) is 0. The number of thiocarbonyl (C=S) groups is 1. The Morgan fingerprint density at radius 3 is 2.52 bits per heavy atom. The summed E-state index contributed by atoms with van der Waals surface area (Å²) >= 11 is 10.8. The quantitative estimate of drug-likeness (QED) is 0.672. The number of hydrogen-bond donors (Lipinski definition) is 2. The Bertz CT molecular complexity index is 644. The number of methoxy groups -OCH3 is 1. The molecule has 108 valence electrons. The Labute approximate surface area is 132 Å². The first-order valence-electron chi connectivity index (χ1n) is 5.96. The zero-order valence-corrected chi connectivity index (χ0v) is 12.7. The first-order valence-corrected chi connectivity index (χ1v) is 6.75. The highest BCUT2D eigenvalue weighted by Crippen LogP contribution is 2.12. The van der Waals surface area contributed by atoms with Gasteiger partial charge in [0.1, 0.15) is 10.9 Å². The molecule has 0 aliphatic rings. The van der Waals surface area contributed by atoms with Gasteiger partial charge < -0.3 is 10.1 Å². The second-order valence-corrected chi connectivity index (χ2v) is 4.80. The molecule has 0 fully saturated rings. The van der Waals surface area contributed by atoms with E-state index in [4.69, 9.17) is 28.6 Å². The van der Waals surface area contributed by atoms with E-state index < -0.39 is 0 Å². The van der Waals surface area contributed by atoms with Gasteiger partial charge in [0, 0.05) is 5.56 Å². The van der Waals surface area contributed by atoms with Gasteiger partial charge in [0.25, 0.3) is 5.91 Å². The van der Waals surface area contributed by atoms with Crippen molar-refractivity contribution in [3.8, 4) is 5.75 Å². The second-order valence-electron chi connectivity index (χ2n) is 4.01. The summed E-state index contributed by atoms with van der Waals surface area (Å²) in [6.07, 6.45) is 1.52. The van der Waals surface area contributed by atoms with E-state index in [9.17, 15) is 4.79 Å². The number of halogens is 1. The van der Waals surface area contributed by atoms with E-state index in [1.165, 1.54) is 6.20 Å². The highest BCUT2D eigenvalue weighted by molar-refractivity contribution is 7.80. The Morgan fingerprint density at radius 2 is 1.95 bits per heavy atom. The van der Waals surface area contributed by atoms with Crippen molar-refractivity contribution in [3.63, 3.8) is 0 Å². The van der Waals surface area contributed by atoms with Crippen LogP contribution < -0.4 is 15.4 Å². The zero-order valence-electron chi connectivity index (χ0n) is 11.1. The molecule has 1 heterocycles. The van der Waals surface area contributed by atoms with Gasteiger partial charge in [0.2, 0.25) is 0 Å². The van der Waals surface area contributed by atoms with Crippen molar-refractivity contribution >= 4 is 40.5 Å². The highest BCUT2D eigenvalue weighted by Gasteiger charge is 2.08. The molecule has 0 saturated carbocycles. The van der Waals surface area contributed by atoms with E-state index in [1.54, 1.807) is 43.5 Å². The molecule has 2 aromatic rings. The molecule has 0 aliphatic carbocycles. The molecule has 1 aromatic heterocycles. The van der Waals surface area contributed by atoms with Gasteiger partial charge >= 0.3 is 0 Å². The molecule has 0 saturated heterocycles. The van der Waals surface area contributed by atoms with Gasteiger partial charge in [-0.25, -0.2) is 4.98 Å². The summed E-state index contributed by atoms with van der Waals surface area (Å²) in [5, 5.41) is 5.99. The minimum atomic E-state index is -0.308. The Balaban J connectivity index is 1.95. The van der Waals surface area contributed by atoms with Crippen molar-refractivity contribution in [2.24, 2.45) is 0 Å². The largest absolute Gasteiger partial charge is 0.497 e. The van der Waals surface area contributed by atoms with Crippen LogP contribution in [0.5, 0.6) is 5.75 Å². The summed E-state index contributed by atoms with van der Waals surface area (Å²) in [6, 6.07) is 10.0. The number of carbonyl (C=O) groups excluding carboxylic acids is 1. The predicted octanol–water partition coefficient (Wildman–Crippen LogP) is 2.87. The number of nitrogens with zero attached hydrogens (tertiary/aromatic N) is 1. The minimum Gasteiger partial charge on any atom is -0.497 e. The third-order valence-electron chi connectivity index (χ3n) is 2.56. The monoisotopic (exact) mass is 321 g/mol. The number of anilines is 1.